The number of H-pyrrole nitrogens is 1. The summed E-state index contributed by atoms with van der Waals surface area (Å²) in [6.45, 7) is 9.83. The van der Waals surface area contributed by atoms with E-state index in [0.717, 1.165) is 25.9 Å². The Kier molecular flexibility index (Phi) is 6.78. The van der Waals surface area contributed by atoms with Gasteiger partial charge in [0.25, 0.3) is 0 Å². The number of amides is 1. The van der Waals surface area contributed by atoms with Crippen LogP contribution in [0.25, 0.3) is 5.82 Å². The van der Waals surface area contributed by atoms with Gasteiger partial charge < -0.3 is 15.4 Å². The Morgan fingerprint density at radius 3 is 2.68 bits per heavy atom. The van der Waals surface area contributed by atoms with Crippen LogP contribution < -0.4 is 21.1 Å². The fraction of sp³-hybridized carbons (Fsp3) is 0.458. The molecule has 4 heterocycles. The first kappa shape index (κ1) is 23.6. The summed E-state index contributed by atoms with van der Waals surface area (Å²) in [4.78, 5) is 36.4. The van der Waals surface area contributed by atoms with Crippen molar-refractivity contribution in [1.29, 1.82) is 0 Å². The Morgan fingerprint density at radius 2 is 2.00 bits per heavy atom. The molecule has 4 rings (SSSR count). The Bertz CT molecular complexity index is 1220. The van der Waals surface area contributed by atoms with Crippen LogP contribution in [0.4, 0.5) is 0 Å². The van der Waals surface area contributed by atoms with Crippen molar-refractivity contribution in [2.24, 2.45) is 5.92 Å². The number of ether oxygens (including phenoxy) is 1. The number of hydrogen-bond acceptors (Lipinski definition) is 7. The molecule has 3 aromatic heterocycles. The van der Waals surface area contributed by atoms with Crippen LogP contribution in [0.5, 0.6) is 11.5 Å². The molecule has 0 spiro atoms. The van der Waals surface area contributed by atoms with Crippen LogP contribution in [-0.4, -0.2) is 43.7 Å². The Balaban J connectivity index is 1.44. The molecule has 0 unspecified atom stereocenters. The summed E-state index contributed by atoms with van der Waals surface area (Å²) in [6, 6.07) is 7.00. The van der Waals surface area contributed by atoms with Crippen LogP contribution in [0.2, 0.25) is 0 Å². The number of pyridine rings is 2. The minimum Gasteiger partial charge on any atom is -0.455 e. The highest BCUT2D eigenvalue weighted by Crippen LogP contribution is 2.25. The number of aromatic nitrogens is 5. The summed E-state index contributed by atoms with van der Waals surface area (Å²) in [6.07, 6.45) is 3.36. The molecule has 3 N–H and O–H groups in total. The lowest BCUT2D eigenvalue weighted by molar-refractivity contribution is -0.125. The number of piperidine rings is 1. The topological polar surface area (TPSA) is 127 Å². The third kappa shape index (κ3) is 5.51. The second-order valence-corrected chi connectivity index (χ2v) is 9.52. The lowest BCUT2D eigenvalue weighted by Crippen LogP contribution is -2.37. The summed E-state index contributed by atoms with van der Waals surface area (Å²) >= 11 is 0. The van der Waals surface area contributed by atoms with Gasteiger partial charge in [-0.3, -0.25) is 14.8 Å². The van der Waals surface area contributed by atoms with E-state index in [1.807, 2.05) is 27.7 Å². The van der Waals surface area contributed by atoms with E-state index in [9.17, 15) is 9.59 Å². The fourth-order valence-electron chi connectivity index (χ4n) is 3.73. The van der Waals surface area contributed by atoms with E-state index in [0.29, 0.717) is 41.1 Å². The first-order valence-electron chi connectivity index (χ1n) is 11.5. The van der Waals surface area contributed by atoms with Gasteiger partial charge in [-0.25, -0.2) is 9.78 Å². The maximum Gasteiger partial charge on any atom is 0.349 e. The van der Waals surface area contributed by atoms with E-state index in [4.69, 9.17) is 4.74 Å². The summed E-state index contributed by atoms with van der Waals surface area (Å²) in [5, 5.41) is 10.6. The van der Waals surface area contributed by atoms with E-state index in [1.165, 1.54) is 4.68 Å². The molecule has 0 aromatic carbocycles. The van der Waals surface area contributed by atoms with Crippen LogP contribution in [0.3, 0.4) is 0 Å². The number of rotatable bonds is 6. The largest absolute Gasteiger partial charge is 0.455 e. The molecule has 0 saturated carbocycles. The van der Waals surface area contributed by atoms with Crippen molar-refractivity contribution in [2.75, 3.05) is 13.1 Å². The van der Waals surface area contributed by atoms with E-state index < -0.39 is 0 Å². The van der Waals surface area contributed by atoms with Crippen LogP contribution in [-0.2, 0) is 16.8 Å². The fourth-order valence-corrected chi connectivity index (χ4v) is 3.73. The van der Waals surface area contributed by atoms with Gasteiger partial charge in [0.1, 0.15) is 17.3 Å². The second-order valence-electron chi connectivity index (χ2n) is 9.52. The summed E-state index contributed by atoms with van der Waals surface area (Å²) in [5.41, 5.74) is 0.701. The van der Waals surface area contributed by atoms with Crippen LogP contribution in [0.15, 0.2) is 35.3 Å². The number of carbonyl (C=O) groups is 1. The molecule has 0 radical (unpaired) electrons. The van der Waals surface area contributed by atoms with Gasteiger partial charge in [0.2, 0.25) is 5.91 Å². The maximum absolute atomic E-state index is 12.4. The monoisotopic (exact) mass is 465 g/mol. The number of hydrogen-bond donors (Lipinski definition) is 3. The van der Waals surface area contributed by atoms with Crippen molar-refractivity contribution in [3.63, 3.8) is 0 Å². The summed E-state index contributed by atoms with van der Waals surface area (Å²) < 4.78 is 7.27. The van der Waals surface area contributed by atoms with Crippen LogP contribution in [0.1, 0.15) is 50.8 Å². The van der Waals surface area contributed by atoms with E-state index >= 15 is 0 Å². The van der Waals surface area contributed by atoms with Gasteiger partial charge in [0.15, 0.2) is 5.82 Å². The summed E-state index contributed by atoms with van der Waals surface area (Å²) in [5.74, 6) is 2.26. The van der Waals surface area contributed by atoms with Crippen LogP contribution in [0, 0.1) is 12.8 Å². The van der Waals surface area contributed by atoms with Gasteiger partial charge in [-0.2, -0.15) is 4.68 Å². The lowest BCUT2D eigenvalue weighted by Gasteiger charge is -2.21. The minimum absolute atomic E-state index is 0.0504. The first-order chi connectivity index (χ1) is 16.2. The molecule has 180 valence electrons. The minimum atomic E-state index is -0.337. The summed E-state index contributed by atoms with van der Waals surface area (Å²) in [7, 11) is 0. The predicted octanol–water partition coefficient (Wildman–Crippen LogP) is 2.36. The van der Waals surface area contributed by atoms with E-state index in [1.54, 1.807) is 30.5 Å². The molecule has 1 aliphatic heterocycles. The molecule has 1 amide bonds. The van der Waals surface area contributed by atoms with Gasteiger partial charge >= 0.3 is 5.69 Å². The van der Waals surface area contributed by atoms with Crippen molar-refractivity contribution in [2.45, 2.75) is 52.5 Å². The molecule has 0 atom stereocenters. The highest BCUT2D eigenvalue weighted by atomic mass is 16.5. The zero-order chi connectivity index (χ0) is 24.3. The normalized spacial score (nSPS) is 14.7. The molecule has 0 bridgehead atoms. The number of aryl methyl sites for hydroxylation is 1. The molecule has 0 aliphatic carbocycles. The van der Waals surface area contributed by atoms with Gasteiger partial charge in [-0.15, -0.1) is 5.10 Å². The highest BCUT2D eigenvalue weighted by Gasteiger charge is 2.22. The third-order valence-electron chi connectivity index (χ3n) is 5.74. The Labute approximate surface area is 198 Å². The predicted molar refractivity (Wildman–Crippen MR) is 127 cm³/mol. The van der Waals surface area contributed by atoms with Gasteiger partial charge in [0, 0.05) is 23.6 Å². The molecule has 10 heteroatoms. The lowest BCUT2D eigenvalue weighted by atomic mass is 9.96. The molecular weight excluding hydrogens is 434 g/mol. The number of carbonyl (C=O) groups excluding carboxylic acids is 1. The molecule has 1 fully saturated rings. The average molecular weight is 466 g/mol. The average Bonchev–Trinajstić information content (AvgIpc) is 3.22. The first-order valence-corrected chi connectivity index (χ1v) is 11.5. The van der Waals surface area contributed by atoms with Crippen molar-refractivity contribution in [1.82, 2.24) is 35.4 Å². The van der Waals surface area contributed by atoms with Gasteiger partial charge in [-0.1, -0.05) is 20.8 Å². The molecule has 10 nitrogen and oxygen atoms in total. The molecular formula is C24H31N7O3. The second kappa shape index (κ2) is 9.76. The highest BCUT2D eigenvalue weighted by molar-refractivity contribution is 5.78. The smallest absolute Gasteiger partial charge is 0.349 e. The Hall–Kier alpha value is -3.53. The molecule has 3 aromatic rings. The number of nitrogens with one attached hydrogen (secondary N) is 3. The van der Waals surface area contributed by atoms with Crippen molar-refractivity contribution in [3.05, 3.63) is 58.2 Å². The van der Waals surface area contributed by atoms with Crippen molar-refractivity contribution < 1.29 is 9.53 Å². The van der Waals surface area contributed by atoms with Crippen molar-refractivity contribution >= 4 is 5.91 Å². The quantitative estimate of drug-likeness (QED) is 0.510. The molecule has 1 saturated heterocycles. The van der Waals surface area contributed by atoms with Gasteiger partial charge in [-0.05, 0) is 51.1 Å². The standard InChI is InChI=1S/C24H31N7O3/c1-15-19(5-6-20(28-15)31-23(33)29-22(30-31)24(2,3)4)34-18-9-12-26-17(13-18)14-27-21(32)16-7-10-25-11-8-16/h5-6,9,12-13,16,25H,7-8,10-11,14H2,1-4H3,(H,27,32)(H,29,30,33). The van der Waals surface area contributed by atoms with Crippen molar-refractivity contribution in [3.8, 4) is 17.3 Å². The van der Waals surface area contributed by atoms with Crippen LogP contribution >= 0.6 is 0 Å². The van der Waals surface area contributed by atoms with E-state index in [2.05, 4.69) is 30.7 Å². The molecule has 34 heavy (non-hydrogen) atoms. The Morgan fingerprint density at radius 1 is 1.24 bits per heavy atom. The SMILES string of the molecule is Cc1nc(-n2nc(C(C)(C)C)[nH]c2=O)ccc1Oc1ccnc(CNC(=O)C2CCNCC2)c1. The zero-order valence-corrected chi connectivity index (χ0v) is 20.0. The molecule has 1 aliphatic rings. The maximum atomic E-state index is 12.4. The van der Waals surface area contributed by atoms with E-state index in [-0.39, 0.29) is 22.9 Å². The number of nitrogens with zero attached hydrogens (tertiary/aromatic N) is 4. The van der Waals surface area contributed by atoms with Gasteiger partial charge in [0.05, 0.1) is 17.9 Å². The number of aromatic amines is 1. The zero-order valence-electron chi connectivity index (χ0n) is 20.0. The third-order valence-corrected chi connectivity index (χ3v) is 5.74.